The first-order valence-electron chi connectivity index (χ1n) is 10.1. The van der Waals surface area contributed by atoms with E-state index < -0.39 is 0 Å². The minimum Gasteiger partial charge on any atom is -0.495 e. The fraction of sp³-hybridized carbons (Fsp3) is 0.667. The van der Waals surface area contributed by atoms with E-state index in [1.807, 2.05) is 18.2 Å². The first kappa shape index (κ1) is 24.9. The number of para-hydroxylation sites is 2. The van der Waals surface area contributed by atoms with Gasteiger partial charge in [0.25, 0.3) is 0 Å². The van der Waals surface area contributed by atoms with Crippen LogP contribution in [-0.2, 0) is 4.79 Å². The summed E-state index contributed by atoms with van der Waals surface area (Å²) in [6, 6.07) is 8.46. The van der Waals surface area contributed by atoms with Crippen molar-refractivity contribution in [1.82, 2.24) is 10.6 Å². The number of nitrogens with one attached hydrogen (secondary N) is 2. The number of piperidine rings is 2. The van der Waals surface area contributed by atoms with E-state index in [2.05, 4.69) is 28.5 Å². The molecular formula is C21H35Cl2N3O2. The zero-order valence-electron chi connectivity index (χ0n) is 17.0. The quantitative estimate of drug-likeness (QED) is 0.721. The summed E-state index contributed by atoms with van der Waals surface area (Å²) in [7, 11) is 1.72. The van der Waals surface area contributed by atoms with Gasteiger partial charge in [0.1, 0.15) is 5.75 Å². The van der Waals surface area contributed by atoms with Gasteiger partial charge < -0.3 is 20.3 Å². The Balaban J connectivity index is 0.00000196. The van der Waals surface area contributed by atoms with Gasteiger partial charge in [-0.25, -0.2) is 0 Å². The molecule has 1 aromatic carbocycles. The molecule has 0 saturated carbocycles. The molecule has 5 nitrogen and oxygen atoms in total. The van der Waals surface area contributed by atoms with Crippen molar-refractivity contribution in [1.29, 1.82) is 0 Å². The zero-order chi connectivity index (χ0) is 18.4. The van der Waals surface area contributed by atoms with Gasteiger partial charge in [0.05, 0.1) is 12.8 Å². The first-order valence-corrected chi connectivity index (χ1v) is 10.1. The lowest BCUT2D eigenvalue weighted by molar-refractivity contribution is -0.123. The zero-order valence-corrected chi connectivity index (χ0v) is 18.6. The summed E-state index contributed by atoms with van der Waals surface area (Å²) in [6.45, 7) is 6.31. The third kappa shape index (κ3) is 6.71. The number of rotatable bonds is 6. The Morgan fingerprint density at radius 1 is 1.25 bits per heavy atom. The molecule has 0 bridgehead atoms. The molecule has 0 spiro atoms. The van der Waals surface area contributed by atoms with Gasteiger partial charge >= 0.3 is 0 Å². The number of carbonyl (C=O) groups excluding carboxylic acids is 1. The van der Waals surface area contributed by atoms with Gasteiger partial charge in [-0.15, -0.1) is 24.8 Å². The molecule has 3 rings (SSSR count). The maximum absolute atomic E-state index is 12.5. The molecule has 0 aromatic heterocycles. The van der Waals surface area contributed by atoms with Gasteiger partial charge in [0.15, 0.2) is 0 Å². The topological polar surface area (TPSA) is 53.6 Å². The van der Waals surface area contributed by atoms with E-state index in [0.717, 1.165) is 50.5 Å². The van der Waals surface area contributed by atoms with Crippen molar-refractivity contribution in [2.24, 2.45) is 11.8 Å². The molecule has 2 heterocycles. The van der Waals surface area contributed by atoms with E-state index in [-0.39, 0.29) is 30.7 Å². The van der Waals surface area contributed by atoms with Crippen LogP contribution in [0.25, 0.3) is 0 Å². The molecule has 2 saturated heterocycles. The molecule has 1 aromatic rings. The summed E-state index contributed by atoms with van der Waals surface area (Å²) >= 11 is 0. The second kappa shape index (κ2) is 12.4. The highest BCUT2D eigenvalue weighted by Crippen LogP contribution is 2.30. The van der Waals surface area contributed by atoms with Crippen molar-refractivity contribution in [3.63, 3.8) is 0 Å². The van der Waals surface area contributed by atoms with Crippen LogP contribution in [-0.4, -0.2) is 45.2 Å². The van der Waals surface area contributed by atoms with E-state index in [9.17, 15) is 4.79 Å². The standard InChI is InChI=1S/C21H33N3O2.2ClH/c1-16(17-6-5-11-22-15-17)14-21(25)23-18-9-12-24(13-10-18)19-7-3-4-8-20(19)26-2;;/h3-4,7-8,16-18,22H,5-6,9-15H2,1-2H3,(H,23,25);2*1H. The van der Waals surface area contributed by atoms with Crippen molar-refractivity contribution in [3.05, 3.63) is 24.3 Å². The van der Waals surface area contributed by atoms with Crippen LogP contribution < -0.4 is 20.3 Å². The number of hydrogen-bond donors (Lipinski definition) is 2. The molecule has 0 aliphatic carbocycles. The Morgan fingerprint density at radius 3 is 2.61 bits per heavy atom. The summed E-state index contributed by atoms with van der Waals surface area (Å²) in [5, 5.41) is 6.72. The minimum atomic E-state index is 0. The summed E-state index contributed by atoms with van der Waals surface area (Å²) in [4.78, 5) is 14.8. The first-order chi connectivity index (χ1) is 12.7. The number of nitrogens with zero attached hydrogens (tertiary/aromatic N) is 1. The molecule has 28 heavy (non-hydrogen) atoms. The SMILES string of the molecule is COc1ccccc1N1CCC(NC(=O)CC(C)C2CCCNC2)CC1.Cl.Cl. The number of halogens is 2. The molecule has 2 unspecified atom stereocenters. The van der Waals surface area contributed by atoms with Gasteiger partial charge in [-0.1, -0.05) is 19.1 Å². The minimum absolute atomic E-state index is 0. The molecular weight excluding hydrogens is 397 g/mol. The van der Waals surface area contributed by atoms with Crippen LogP contribution in [0.3, 0.4) is 0 Å². The predicted molar refractivity (Wildman–Crippen MR) is 120 cm³/mol. The lowest BCUT2D eigenvalue weighted by atomic mass is 9.85. The Kier molecular flexibility index (Phi) is 11.0. The van der Waals surface area contributed by atoms with E-state index in [1.54, 1.807) is 7.11 Å². The average molecular weight is 432 g/mol. The maximum atomic E-state index is 12.5. The number of carbonyl (C=O) groups is 1. The molecule has 7 heteroatoms. The molecule has 2 fully saturated rings. The van der Waals surface area contributed by atoms with Crippen LogP contribution in [0.4, 0.5) is 5.69 Å². The molecule has 2 N–H and O–H groups in total. The van der Waals surface area contributed by atoms with Crippen molar-refractivity contribution in [2.75, 3.05) is 38.2 Å². The largest absolute Gasteiger partial charge is 0.495 e. The Labute approximate surface area is 181 Å². The lowest BCUT2D eigenvalue weighted by Gasteiger charge is -2.35. The van der Waals surface area contributed by atoms with Gasteiger partial charge in [-0.05, 0) is 62.7 Å². The summed E-state index contributed by atoms with van der Waals surface area (Å²) in [5.41, 5.74) is 1.15. The maximum Gasteiger partial charge on any atom is 0.220 e. The van der Waals surface area contributed by atoms with Crippen molar-refractivity contribution in [3.8, 4) is 5.75 Å². The molecule has 160 valence electrons. The Hall–Kier alpha value is -1.17. The number of ether oxygens (including phenoxy) is 1. The highest BCUT2D eigenvalue weighted by molar-refractivity contribution is 5.85. The number of benzene rings is 1. The summed E-state index contributed by atoms with van der Waals surface area (Å²) in [5.74, 6) is 2.24. The molecule has 1 amide bonds. The van der Waals surface area contributed by atoms with Crippen molar-refractivity contribution in [2.45, 2.75) is 45.1 Å². The highest BCUT2D eigenvalue weighted by Gasteiger charge is 2.25. The smallest absolute Gasteiger partial charge is 0.220 e. The average Bonchev–Trinajstić information content (AvgIpc) is 2.69. The molecule has 2 atom stereocenters. The van der Waals surface area contributed by atoms with Crippen LogP contribution in [0.15, 0.2) is 24.3 Å². The second-order valence-electron chi connectivity index (χ2n) is 7.79. The normalized spacial score (nSPS) is 21.1. The fourth-order valence-electron chi connectivity index (χ4n) is 4.27. The number of anilines is 1. The van der Waals surface area contributed by atoms with Gasteiger partial charge in [-0.3, -0.25) is 4.79 Å². The Morgan fingerprint density at radius 2 is 1.96 bits per heavy atom. The third-order valence-electron chi connectivity index (χ3n) is 5.93. The Bertz CT molecular complexity index is 589. The van der Waals surface area contributed by atoms with Crippen molar-refractivity contribution >= 4 is 36.4 Å². The van der Waals surface area contributed by atoms with Gasteiger partial charge in [-0.2, -0.15) is 0 Å². The van der Waals surface area contributed by atoms with Crippen LogP contribution >= 0.6 is 24.8 Å². The third-order valence-corrected chi connectivity index (χ3v) is 5.93. The number of amides is 1. The van der Waals surface area contributed by atoms with Crippen molar-refractivity contribution < 1.29 is 9.53 Å². The molecule has 2 aliphatic heterocycles. The summed E-state index contributed by atoms with van der Waals surface area (Å²) in [6.07, 6.45) is 5.11. The van der Waals surface area contributed by atoms with E-state index >= 15 is 0 Å². The fourth-order valence-corrected chi connectivity index (χ4v) is 4.27. The molecule has 0 radical (unpaired) electrons. The van der Waals surface area contributed by atoms with E-state index in [4.69, 9.17) is 4.74 Å². The predicted octanol–water partition coefficient (Wildman–Crippen LogP) is 3.65. The van der Waals surface area contributed by atoms with Gasteiger partial charge in [0, 0.05) is 25.6 Å². The lowest BCUT2D eigenvalue weighted by Crippen LogP contribution is -2.45. The van der Waals surface area contributed by atoms with Crippen LogP contribution in [0.2, 0.25) is 0 Å². The monoisotopic (exact) mass is 431 g/mol. The van der Waals surface area contributed by atoms with Crippen LogP contribution in [0.1, 0.15) is 39.0 Å². The van der Waals surface area contributed by atoms with E-state index in [1.165, 1.54) is 12.8 Å². The molecule has 2 aliphatic rings. The summed E-state index contributed by atoms with van der Waals surface area (Å²) < 4.78 is 5.47. The van der Waals surface area contributed by atoms with Crippen LogP contribution in [0.5, 0.6) is 5.75 Å². The highest BCUT2D eigenvalue weighted by atomic mass is 35.5. The number of hydrogen-bond acceptors (Lipinski definition) is 4. The van der Waals surface area contributed by atoms with Crippen LogP contribution in [0, 0.1) is 11.8 Å². The number of methoxy groups -OCH3 is 1. The second-order valence-corrected chi connectivity index (χ2v) is 7.79. The van der Waals surface area contributed by atoms with E-state index in [0.29, 0.717) is 24.3 Å². The van der Waals surface area contributed by atoms with Gasteiger partial charge in [0.2, 0.25) is 5.91 Å².